The molecule has 3 aromatic carbocycles. The van der Waals surface area contributed by atoms with E-state index in [1.54, 1.807) is 24.3 Å². The van der Waals surface area contributed by atoms with Gasteiger partial charge in [-0.15, -0.1) is 0 Å². The van der Waals surface area contributed by atoms with Crippen molar-refractivity contribution in [2.24, 2.45) is 0 Å². The van der Waals surface area contributed by atoms with Gasteiger partial charge in [-0.05, 0) is 61.0 Å². The third-order valence-corrected chi connectivity index (χ3v) is 4.65. The number of aryl methyl sites for hydroxylation is 1. The van der Waals surface area contributed by atoms with E-state index in [-0.39, 0.29) is 5.91 Å². The Morgan fingerprint density at radius 1 is 1.04 bits per heavy atom. The Balaban J connectivity index is 1.63. The van der Waals surface area contributed by atoms with Crippen LogP contribution in [-0.4, -0.2) is 10.9 Å². The number of hydrogen-bond donors (Lipinski definition) is 1. The van der Waals surface area contributed by atoms with Crippen molar-refractivity contribution in [3.05, 3.63) is 81.8 Å². The van der Waals surface area contributed by atoms with Crippen LogP contribution in [0.5, 0.6) is 0 Å². The first kappa shape index (κ1) is 17.6. The van der Waals surface area contributed by atoms with Crippen LogP contribution in [0.2, 0.25) is 10.0 Å². The predicted octanol–water partition coefficient (Wildman–Crippen LogP) is 6.36. The monoisotopic (exact) mass is 396 g/mol. The van der Waals surface area contributed by atoms with Crippen LogP contribution in [0.1, 0.15) is 15.9 Å². The van der Waals surface area contributed by atoms with Gasteiger partial charge in [0.1, 0.15) is 5.52 Å². The highest BCUT2D eigenvalue weighted by atomic mass is 35.5. The number of aromatic nitrogens is 1. The van der Waals surface area contributed by atoms with Gasteiger partial charge in [0.05, 0.1) is 10.6 Å². The van der Waals surface area contributed by atoms with Gasteiger partial charge in [-0.2, -0.15) is 0 Å². The number of nitrogens with zero attached hydrogens (tertiary/aromatic N) is 1. The van der Waals surface area contributed by atoms with Gasteiger partial charge >= 0.3 is 0 Å². The third kappa shape index (κ3) is 3.68. The SMILES string of the molecule is Cc1ccc2nc(-c3cccc(NC(=O)c4cc(Cl)ccc4Cl)c3)oc2c1. The van der Waals surface area contributed by atoms with Crippen LogP contribution in [0, 0.1) is 6.92 Å². The third-order valence-electron chi connectivity index (χ3n) is 4.08. The van der Waals surface area contributed by atoms with Gasteiger partial charge in [-0.1, -0.05) is 35.3 Å². The number of carbonyl (C=O) groups is 1. The summed E-state index contributed by atoms with van der Waals surface area (Å²) in [6, 6.07) is 17.9. The number of halogens is 2. The molecule has 0 aliphatic carbocycles. The van der Waals surface area contributed by atoms with E-state index in [9.17, 15) is 4.79 Å². The lowest BCUT2D eigenvalue weighted by atomic mass is 10.1. The number of anilines is 1. The fourth-order valence-electron chi connectivity index (χ4n) is 2.76. The second-order valence-electron chi connectivity index (χ2n) is 6.15. The Bertz CT molecular complexity index is 1170. The van der Waals surface area contributed by atoms with Gasteiger partial charge in [0.2, 0.25) is 5.89 Å². The molecule has 1 aromatic heterocycles. The Kier molecular flexibility index (Phi) is 4.60. The van der Waals surface area contributed by atoms with E-state index in [0.717, 1.165) is 22.2 Å². The average molecular weight is 397 g/mol. The standard InChI is InChI=1S/C21H14Cl2N2O2/c1-12-5-8-18-19(9-12)27-21(25-18)13-3-2-4-15(10-13)24-20(26)16-11-14(22)6-7-17(16)23/h2-11H,1H3,(H,24,26). The quantitative estimate of drug-likeness (QED) is 0.438. The molecule has 0 atom stereocenters. The topological polar surface area (TPSA) is 55.1 Å². The summed E-state index contributed by atoms with van der Waals surface area (Å²) in [6.07, 6.45) is 0. The molecular formula is C21H14Cl2N2O2. The normalized spacial score (nSPS) is 10.9. The second kappa shape index (κ2) is 7.06. The summed E-state index contributed by atoms with van der Waals surface area (Å²) < 4.78 is 5.85. The highest BCUT2D eigenvalue weighted by Crippen LogP contribution is 2.27. The Morgan fingerprint density at radius 3 is 2.74 bits per heavy atom. The summed E-state index contributed by atoms with van der Waals surface area (Å²) in [6.45, 7) is 2.00. The van der Waals surface area contributed by atoms with Crippen molar-refractivity contribution in [1.29, 1.82) is 0 Å². The number of benzene rings is 3. The molecular weight excluding hydrogens is 383 g/mol. The predicted molar refractivity (Wildman–Crippen MR) is 109 cm³/mol. The van der Waals surface area contributed by atoms with E-state index in [0.29, 0.717) is 27.2 Å². The molecule has 134 valence electrons. The van der Waals surface area contributed by atoms with Crippen molar-refractivity contribution in [3.8, 4) is 11.5 Å². The number of oxazole rings is 1. The molecule has 0 saturated heterocycles. The van der Waals surface area contributed by atoms with Crippen LogP contribution in [0.4, 0.5) is 5.69 Å². The van der Waals surface area contributed by atoms with Gasteiger partial charge in [0.25, 0.3) is 5.91 Å². The number of hydrogen-bond acceptors (Lipinski definition) is 3. The molecule has 4 aromatic rings. The number of amides is 1. The Labute approximate surface area is 165 Å². The smallest absolute Gasteiger partial charge is 0.257 e. The number of rotatable bonds is 3. The molecule has 1 amide bonds. The van der Waals surface area contributed by atoms with Crippen molar-refractivity contribution >= 4 is 45.9 Å². The van der Waals surface area contributed by atoms with E-state index in [1.165, 1.54) is 6.07 Å². The maximum absolute atomic E-state index is 12.5. The van der Waals surface area contributed by atoms with E-state index < -0.39 is 0 Å². The Morgan fingerprint density at radius 2 is 1.89 bits per heavy atom. The number of carbonyl (C=O) groups excluding carboxylic acids is 1. The largest absolute Gasteiger partial charge is 0.436 e. The van der Waals surface area contributed by atoms with Crippen LogP contribution in [0.15, 0.2) is 65.1 Å². The molecule has 1 heterocycles. The van der Waals surface area contributed by atoms with Crippen LogP contribution in [0.25, 0.3) is 22.6 Å². The van der Waals surface area contributed by atoms with Gasteiger partial charge in [-0.3, -0.25) is 4.79 Å². The van der Waals surface area contributed by atoms with Crippen molar-refractivity contribution in [2.45, 2.75) is 6.92 Å². The zero-order chi connectivity index (χ0) is 19.0. The first-order valence-corrected chi connectivity index (χ1v) is 8.99. The van der Waals surface area contributed by atoms with Crippen molar-refractivity contribution in [2.75, 3.05) is 5.32 Å². The minimum Gasteiger partial charge on any atom is -0.436 e. The summed E-state index contributed by atoms with van der Waals surface area (Å²) >= 11 is 12.1. The van der Waals surface area contributed by atoms with Gasteiger partial charge in [0.15, 0.2) is 5.58 Å². The zero-order valence-corrected chi connectivity index (χ0v) is 15.8. The summed E-state index contributed by atoms with van der Waals surface area (Å²) in [7, 11) is 0. The first-order valence-electron chi connectivity index (χ1n) is 8.23. The molecule has 4 nitrogen and oxygen atoms in total. The van der Waals surface area contributed by atoms with Crippen molar-refractivity contribution < 1.29 is 9.21 Å². The molecule has 27 heavy (non-hydrogen) atoms. The minimum atomic E-state index is -0.340. The summed E-state index contributed by atoms with van der Waals surface area (Å²) in [5.41, 5.74) is 4.29. The van der Waals surface area contributed by atoms with Gasteiger partial charge < -0.3 is 9.73 Å². The molecule has 6 heteroatoms. The molecule has 0 radical (unpaired) electrons. The van der Waals surface area contributed by atoms with Crippen LogP contribution < -0.4 is 5.32 Å². The second-order valence-corrected chi connectivity index (χ2v) is 6.99. The van der Waals surface area contributed by atoms with Crippen molar-refractivity contribution in [3.63, 3.8) is 0 Å². The molecule has 0 aliphatic rings. The summed E-state index contributed by atoms with van der Waals surface area (Å²) in [5.74, 6) is 0.153. The van der Waals surface area contributed by atoms with E-state index in [2.05, 4.69) is 10.3 Å². The van der Waals surface area contributed by atoms with Gasteiger partial charge in [-0.25, -0.2) is 4.98 Å². The highest BCUT2D eigenvalue weighted by molar-refractivity contribution is 6.36. The van der Waals surface area contributed by atoms with E-state index >= 15 is 0 Å². The number of fused-ring (bicyclic) bond motifs is 1. The fraction of sp³-hybridized carbons (Fsp3) is 0.0476. The number of nitrogens with one attached hydrogen (secondary N) is 1. The Hall–Kier alpha value is -2.82. The van der Waals surface area contributed by atoms with Crippen molar-refractivity contribution in [1.82, 2.24) is 4.98 Å². The van der Waals surface area contributed by atoms with E-state index in [4.69, 9.17) is 27.6 Å². The molecule has 0 fully saturated rings. The summed E-state index contributed by atoms with van der Waals surface area (Å²) in [5, 5.41) is 3.61. The van der Waals surface area contributed by atoms with Crippen LogP contribution in [0.3, 0.4) is 0 Å². The molecule has 0 aliphatic heterocycles. The first-order chi connectivity index (χ1) is 13.0. The van der Waals surface area contributed by atoms with Crippen LogP contribution >= 0.6 is 23.2 Å². The van der Waals surface area contributed by atoms with Crippen LogP contribution in [-0.2, 0) is 0 Å². The molecule has 0 spiro atoms. The lowest BCUT2D eigenvalue weighted by Gasteiger charge is -2.08. The minimum absolute atomic E-state index is 0.312. The van der Waals surface area contributed by atoms with E-state index in [1.807, 2.05) is 37.3 Å². The maximum Gasteiger partial charge on any atom is 0.257 e. The summed E-state index contributed by atoms with van der Waals surface area (Å²) in [4.78, 5) is 17.0. The molecule has 0 saturated carbocycles. The molecule has 4 rings (SSSR count). The average Bonchev–Trinajstić information content (AvgIpc) is 3.07. The lowest BCUT2D eigenvalue weighted by molar-refractivity contribution is 0.102. The zero-order valence-electron chi connectivity index (χ0n) is 14.3. The van der Waals surface area contributed by atoms with Gasteiger partial charge in [0, 0.05) is 16.3 Å². The fourth-order valence-corrected chi connectivity index (χ4v) is 3.13. The lowest BCUT2D eigenvalue weighted by Crippen LogP contribution is -2.12. The highest BCUT2D eigenvalue weighted by Gasteiger charge is 2.13. The molecule has 0 unspecified atom stereocenters. The molecule has 1 N–H and O–H groups in total. The molecule has 0 bridgehead atoms. The maximum atomic E-state index is 12.5.